The zero-order chi connectivity index (χ0) is 17.8. The molecule has 0 aliphatic carbocycles. The van der Waals surface area contributed by atoms with E-state index in [1.807, 2.05) is 0 Å². The summed E-state index contributed by atoms with van der Waals surface area (Å²) in [6.45, 7) is 2.54. The Kier molecular flexibility index (Phi) is 7.06. The van der Waals surface area contributed by atoms with Crippen LogP contribution in [0.1, 0.15) is 23.2 Å². The molecular formula is C19H20ClF3N2O. The van der Waals surface area contributed by atoms with E-state index < -0.39 is 17.5 Å². The molecule has 26 heavy (non-hydrogen) atoms. The van der Waals surface area contributed by atoms with E-state index in [1.165, 1.54) is 0 Å². The lowest BCUT2D eigenvalue weighted by Crippen LogP contribution is -2.38. The van der Waals surface area contributed by atoms with Crippen LogP contribution in [0.4, 0.5) is 13.2 Å². The molecule has 0 bridgehead atoms. The zero-order valence-electron chi connectivity index (χ0n) is 14.0. The number of carbonyl (C=O) groups excluding carboxylic acids is 1. The molecule has 3 nitrogen and oxygen atoms in total. The number of piperidine rings is 1. The minimum absolute atomic E-state index is 0. The molecule has 1 unspecified atom stereocenters. The molecule has 0 aromatic heterocycles. The quantitative estimate of drug-likeness (QED) is 0.784. The number of amides is 1. The van der Waals surface area contributed by atoms with Crippen LogP contribution in [0.25, 0.3) is 11.1 Å². The van der Waals surface area contributed by atoms with Gasteiger partial charge in [0.15, 0.2) is 17.5 Å². The Morgan fingerprint density at radius 1 is 1.08 bits per heavy atom. The van der Waals surface area contributed by atoms with Gasteiger partial charge in [0.1, 0.15) is 0 Å². The summed E-state index contributed by atoms with van der Waals surface area (Å²) in [5, 5.41) is 6.20. The lowest BCUT2D eigenvalue weighted by Gasteiger charge is -2.22. The van der Waals surface area contributed by atoms with Gasteiger partial charge in [0.25, 0.3) is 5.91 Å². The Labute approximate surface area is 156 Å². The maximum atomic E-state index is 13.3. The molecule has 0 saturated carbocycles. The summed E-state index contributed by atoms with van der Waals surface area (Å²) in [4.78, 5) is 12.2. The van der Waals surface area contributed by atoms with Gasteiger partial charge in [0, 0.05) is 12.1 Å². The van der Waals surface area contributed by atoms with Crippen molar-refractivity contribution in [1.82, 2.24) is 10.6 Å². The highest BCUT2D eigenvalue weighted by Crippen LogP contribution is 2.24. The molecule has 2 aromatic carbocycles. The molecule has 2 aromatic rings. The van der Waals surface area contributed by atoms with Gasteiger partial charge in [-0.05, 0) is 67.2 Å². The number of hydrogen-bond acceptors (Lipinski definition) is 2. The second kappa shape index (κ2) is 9.05. The highest BCUT2D eigenvalue weighted by molar-refractivity contribution is 5.94. The summed E-state index contributed by atoms with van der Waals surface area (Å²) < 4.78 is 39.7. The lowest BCUT2D eigenvalue weighted by molar-refractivity contribution is 0.0945. The molecule has 1 saturated heterocycles. The molecule has 0 radical (unpaired) electrons. The maximum absolute atomic E-state index is 13.3. The third-order valence-electron chi connectivity index (χ3n) is 4.41. The van der Waals surface area contributed by atoms with Crippen LogP contribution >= 0.6 is 12.4 Å². The fourth-order valence-corrected chi connectivity index (χ4v) is 2.97. The summed E-state index contributed by atoms with van der Waals surface area (Å²) in [6, 6.07) is 8.21. The van der Waals surface area contributed by atoms with Gasteiger partial charge in [0.2, 0.25) is 0 Å². The summed E-state index contributed by atoms with van der Waals surface area (Å²) in [7, 11) is 0. The smallest absolute Gasteiger partial charge is 0.251 e. The topological polar surface area (TPSA) is 41.1 Å². The van der Waals surface area contributed by atoms with Crippen molar-refractivity contribution in [1.29, 1.82) is 0 Å². The molecule has 1 amide bonds. The summed E-state index contributed by atoms with van der Waals surface area (Å²) >= 11 is 0. The monoisotopic (exact) mass is 384 g/mol. The Balaban J connectivity index is 0.00000243. The molecule has 3 rings (SSSR count). The molecule has 2 N–H and O–H groups in total. The predicted molar refractivity (Wildman–Crippen MR) is 96.9 cm³/mol. The van der Waals surface area contributed by atoms with E-state index in [9.17, 15) is 18.0 Å². The Hall–Kier alpha value is -2.05. The van der Waals surface area contributed by atoms with Crippen LogP contribution in [-0.2, 0) is 0 Å². The van der Waals surface area contributed by atoms with E-state index in [2.05, 4.69) is 10.6 Å². The van der Waals surface area contributed by atoms with Crippen LogP contribution in [-0.4, -0.2) is 25.5 Å². The van der Waals surface area contributed by atoms with E-state index in [0.717, 1.165) is 38.1 Å². The standard InChI is InChI=1S/C19H19F3N2O.ClH/c20-16-8-15(9-17(21)18(16)22)13-3-5-14(6-4-13)19(25)24-11-12-2-1-7-23-10-12;/h3-6,8-9,12,23H,1-2,7,10-11H2,(H,24,25);1H. The van der Waals surface area contributed by atoms with Crippen molar-refractivity contribution in [3.63, 3.8) is 0 Å². The predicted octanol–water partition coefficient (Wildman–Crippen LogP) is 3.92. The molecule has 1 fully saturated rings. The van der Waals surface area contributed by atoms with Crippen LogP contribution in [0.3, 0.4) is 0 Å². The SMILES string of the molecule is Cl.O=C(NCC1CCCNC1)c1ccc(-c2cc(F)c(F)c(F)c2)cc1. The minimum atomic E-state index is -1.49. The summed E-state index contributed by atoms with van der Waals surface area (Å²) in [5.74, 6) is -3.72. The molecule has 0 spiro atoms. The van der Waals surface area contributed by atoms with Gasteiger partial charge in [-0.2, -0.15) is 0 Å². The molecule has 1 heterocycles. The Morgan fingerprint density at radius 3 is 2.31 bits per heavy atom. The van der Waals surface area contributed by atoms with Crippen LogP contribution in [0.2, 0.25) is 0 Å². The van der Waals surface area contributed by atoms with Gasteiger partial charge in [-0.3, -0.25) is 4.79 Å². The van der Waals surface area contributed by atoms with Gasteiger partial charge in [0.05, 0.1) is 0 Å². The number of hydrogen-bond donors (Lipinski definition) is 2. The number of nitrogens with one attached hydrogen (secondary N) is 2. The number of rotatable bonds is 4. The molecule has 1 aliphatic heterocycles. The maximum Gasteiger partial charge on any atom is 0.251 e. The molecular weight excluding hydrogens is 365 g/mol. The lowest BCUT2D eigenvalue weighted by atomic mass is 9.99. The summed E-state index contributed by atoms with van der Waals surface area (Å²) in [5.41, 5.74) is 1.19. The molecule has 140 valence electrons. The van der Waals surface area contributed by atoms with Crippen molar-refractivity contribution in [3.8, 4) is 11.1 Å². The number of halogens is 4. The van der Waals surface area contributed by atoms with Crippen LogP contribution < -0.4 is 10.6 Å². The normalized spacial score (nSPS) is 16.7. The third kappa shape index (κ3) is 4.77. The number of carbonyl (C=O) groups is 1. The second-order valence-corrected chi connectivity index (χ2v) is 6.25. The van der Waals surface area contributed by atoms with Crippen molar-refractivity contribution in [2.24, 2.45) is 5.92 Å². The fourth-order valence-electron chi connectivity index (χ4n) is 2.97. The van der Waals surface area contributed by atoms with Crippen molar-refractivity contribution < 1.29 is 18.0 Å². The van der Waals surface area contributed by atoms with E-state index in [-0.39, 0.29) is 23.9 Å². The van der Waals surface area contributed by atoms with Crippen LogP contribution in [0.15, 0.2) is 36.4 Å². The van der Waals surface area contributed by atoms with Crippen LogP contribution in [0, 0.1) is 23.4 Å². The third-order valence-corrected chi connectivity index (χ3v) is 4.41. The van der Waals surface area contributed by atoms with Crippen LogP contribution in [0.5, 0.6) is 0 Å². The van der Waals surface area contributed by atoms with Gasteiger partial charge in [-0.15, -0.1) is 12.4 Å². The first-order chi connectivity index (χ1) is 12.0. The number of benzene rings is 2. The summed E-state index contributed by atoms with van der Waals surface area (Å²) in [6.07, 6.45) is 2.20. The highest BCUT2D eigenvalue weighted by Gasteiger charge is 2.15. The van der Waals surface area contributed by atoms with E-state index in [0.29, 0.717) is 23.6 Å². The first kappa shape index (κ1) is 20.3. The van der Waals surface area contributed by atoms with Gasteiger partial charge in [-0.1, -0.05) is 12.1 Å². The average Bonchev–Trinajstić information content (AvgIpc) is 2.64. The van der Waals surface area contributed by atoms with Gasteiger partial charge >= 0.3 is 0 Å². The first-order valence-electron chi connectivity index (χ1n) is 8.28. The first-order valence-corrected chi connectivity index (χ1v) is 8.28. The zero-order valence-corrected chi connectivity index (χ0v) is 14.8. The molecule has 1 atom stereocenters. The van der Waals surface area contributed by atoms with E-state index in [1.54, 1.807) is 24.3 Å². The van der Waals surface area contributed by atoms with Crippen molar-refractivity contribution in [2.75, 3.05) is 19.6 Å². The largest absolute Gasteiger partial charge is 0.352 e. The average molecular weight is 385 g/mol. The Bertz CT molecular complexity index is 739. The fraction of sp³-hybridized carbons (Fsp3) is 0.316. The van der Waals surface area contributed by atoms with E-state index in [4.69, 9.17) is 0 Å². The second-order valence-electron chi connectivity index (χ2n) is 6.25. The van der Waals surface area contributed by atoms with Crippen molar-refractivity contribution in [2.45, 2.75) is 12.8 Å². The van der Waals surface area contributed by atoms with E-state index >= 15 is 0 Å². The van der Waals surface area contributed by atoms with Crippen molar-refractivity contribution >= 4 is 18.3 Å². The minimum Gasteiger partial charge on any atom is -0.352 e. The van der Waals surface area contributed by atoms with Gasteiger partial charge in [-0.25, -0.2) is 13.2 Å². The highest BCUT2D eigenvalue weighted by atomic mass is 35.5. The van der Waals surface area contributed by atoms with Crippen molar-refractivity contribution in [3.05, 3.63) is 59.4 Å². The Morgan fingerprint density at radius 2 is 1.73 bits per heavy atom. The van der Waals surface area contributed by atoms with Gasteiger partial charge < -0.3 is 10.6 Å². The molecule has 1 aliphatic rings. The molecule has 7 heteroatoms.